The summed E-state index contributed by atoms with van der Waals surface area (Å²) >= 11 is 0. The molecule has 7 atom stereocenters. The number of aromatic amines is 2. The predicted octanol–water partition coefficient (Wildman–Crippen LogP) is 0.121. The molecule has 1 unspecified atom stereocenters. The first kappa shape index (κ1) is 33.2. The number of imidazole rings is 1. The number of nitrogens with two attached hydrogens (primary N) is 1. The molecule has 0 saturated carbocycles. The fourth-order valence-corrected chi connectivity index (χ4v) is 7.67. The van der Waals surface area contributed by atoms with Gasteiger partial charge in [-0.25, -0.2) is 19.0 Å². The van der Waals surface area contributed by atoms with Crippen LogP contribution in [0.25, 0.3) is 11.2 Å². The maximum atomic E-state index is 14.6. The molecule has 5 rings (SSSR count). The first-order chi connectivity index (χ1) is 21.5. The SMILES string of the molecule is CCCN(CCC)P(=O)(OC[C@H]1O[C@@H](n2cc(C)c(=O)[nH]c2=O)C[C@H]1O)O[C@@H]1C[C@H](n2cnc3c(=O)[nH]c(N)nc32)O[C@@H]1CO. The summed E-state index contributed by atoms with van der Waals surface area (Å²) in [5.74, 6) is -0.106. The monoisotopic (exact) mass is 654 g/mol. The Kier molecular flexibility index (Phi) is 10.0. The van der Waals surface area contributed by atoms with E-state index in [1.54, 1.807) is 11.6 Å². The average molecular weight is 655 g/mol. The van der Waals surface area contributed by atoms with E-state index in [0.717, 1.165) is 0 Å². The number of aliphatic hydroxyl groups excluding tert-OH is 2. The number of aliphatic hydroxyl groups is 2. The maximum Gasteiger partial charge on any atom is 0.408 e. The van der Waals surface area contributed by atoms with Crippen LogP contribution in [0.1, 0.15) is 57.6 Å². The largest absolute Gasteiger partial charge is 0.408 e. The normalized spacial score (nSPS) is 26.6. The van der Waals surface area contributed by atoms with Gasteiger partial charge in [0.2, 0.25) is 5.95 Å². The molecular formula is C26H39N8O10P. The van der Waals surface area contributed by atoms with Crippen molar-refractivity contribution >= 4 is 24.9 Å². The number of aryl methyl sites for hydroxylation is 1. The Labute approximate surface area is 256 Å². The van der Waals surface area contributed by atoms with Crippen LogP contribution >= 0.6 is 7.75 Å². The van der Waals surface area contributed by atoms with E-state index in [-0.39, 0.29) is 36.6 Å². The fraction of sp³-hybridized carbons (Fsp3) is 0.654. The zero-order valence-electron chi connectivity index (χ0n) is 25.2. The van der Waals surface area contributed by atoms with Gasteiger partial charge in [0.15, 0.2) is 11.2 Å². The third-order valence-electron chi connectivity index (χ3n) is 7.76. The van der Waals surface area contributed by atoms with Gasteiger partial charge in [-0.3, -0.25) is 37.7 Å². The lowest BCUT2D eigenvalue weighted by Crippen LogP contribution is -2.34. The second-order valence-corrected chi connectivity index (χ2v) is 13.1. The molecule has 248 valence electrons. The molecule has 18 nitrogen and oxygen atoms in total. The Hall–Kier alpha value is -3.22. The number of anilines is 1. The molecule has 2 aliphatic heterocycles. The molecule has 0 aliphatic carbocycles. The van der Waals surface area contributed by atoms with Crippen molar-refractivity contribution in [3.05, 3.63) is 49.3 Å². The van der Waals surface area contributed by atoms with Gasteiger partial charge in [-0.15, -0.1) is 0 Å². The standard InChI is InChI=1S/C26H39N8O10P/c1-4-6-32(7-5-2)45(40,41-12-18-15(36)8-19(43-18)33-10-14(3)23(37)31-26(33)39)44-16-9-20(42-17(16)11-35)34-13-28-21-22(34)29-25(27)30-24(21)38/h10,13,15-20,35-36H,4-9,11-12H2,1-3H3,(H,31,37,39)(H3,27,29,30,38)/t15-,16-,17-,18-,19-,20-,45?/m1/s1. The Morgan fingerprint density at radius 2 is 1.78 bits per heavy atom. The number of nitrogens with one attached hydrogen (secondary N) is 2. The van der Waals surface area contributed by atoms with Crippen molar-refractivity contribution in [3.8, 4) is 0 Å². The lowest BCUT2D eigenvalue weighted by molar-refractivity contribution is -0.0551. The van der Waals surface area contributed by atoms with E-state index >= 15 is 0 Å². The lowest BCUT2D eigenvalue weighted by Gasteiger charge is -2.33. The second kappa shape index (κ2) is 13.6. The number of nitrogens with zero attached hydrogens (tertiary/aromatic N) is 5. The quantitative estimate of drug-likeness (QED) is 0.154. The van der Waals surface area contributed by atoms with Gasteiger partial charge in [-0.2, -0.15) is 4.98 Å². The molecule has 2 fully saturated rings. The summed E-state index contributed by atoms with van der Waals surface area (Å²) in [6.45, 7) is 5.31. The zero-order valence-corrected chi connectivity index (χ0v) is 26.1. The average Bonchev–Trinajstić information content (AvgIpc) is 3.70. The molecule has 0 spiro atoms. The van der Waals surface area contributed by atoms with Crippen LogP contribution in [0.4, 0.5) is 5.95 Å². The second-order valence-electron chi connectivity index (χ2n) is 11.1. The first-order valence-corrected chi connectivity index (χ1v) is 16.3. The molecule has 2 saturated heterocycles. The Morgan fingerprint density at radius 3 is 2.47 bits per heavy atom. The molecule has 3 aromatic rings. The molecule has 0 radical (unpaired) electrons. The van der Waals surface area contributed by atoms with Gasteiger partial charge in [0.25, 0.3) is 11.1 Å². The summed E-state index contributed by atoms with van der Waals surface area (Å²) in [5, 5.41) is 20.9. The van der Waals surface area contributed by atoms with Crippen molar-refractivity contribution in [3.63, 3.8) is 0 Å². The van der Waals surface area contributed by atoms with Gasteiger partial charge in [-0.1, -0.05) is 13.8 Å². The van der Waals surface area contributed by atoms with E-state index in [2.05, 4.69) is 19.9 Å². The highest BCUT2D eigenvalue weighted by atomic mass is 31.2. The topological polar surface area (TPSA) is 242 Å². The minimum Gasteiger partial charge on any atom is -0.394 e. The minimum atomic E-state index is -4.10. The highest BCUT2D eigenvalue weighted by Gasteiger charge is 2.46. The highest BCUT2D eigenvalue weighted by molar-refractivity contribution is 7.51. The van der Waals surface area contributed by atoms with E-state index < -0.39 is 68.0 Å². The molecule has 0 amide bonds. The van der Waals surface area contributed by atoms with Crippen LogP contribution in [0.3, 0.4) is 0 Å². The van der Waals surface area contributed by atoms with E-state index in [4.69, 9.17) is 24.3 Å². The van der Waals surface area contributed by atoms with Gasteiger partial charge in [0, 0.05) is 37.7 Å². The number of ether oxygens (including phenoxy) is 2. The van der Waals surface area contributed by atoms with Gasteiger partial charge < -0.3 is 25.4 Å². The highest BCUT2D eigenvalue weighted by Crippen LogP contribution is 2.56. The molecular weight excluding hydrogens is 615 g/mol. The zero-order chi connectivity index (χ0) is 32.5. The molecule has 45 heavy (non-hydrogen) atoms. The number of fused-ring (bicyclic) bond motifs is 1. The van der Waals surface area contributed by atoms with E-state index in [1.807, 2.05) is 13.8 Å². The van der Waals surface area contributed by atoms with E-state index in [9.17, 15) is 29.2 Å². The van der Waals surface area contributed by atoms with Crippen LogP contribution in [0.15, 0.2) is 26.9 Å². The predicted molar refractivity (Wildman–Crippen MR) is 159 cm³/mol. The van der Waals surface area contributed by atoms with Crippen LogP contribution in [0.5, 0.6) is 0 Å². The number of hydrogen-bond donors (Lipinski definition) is 5. The van der Waals surface area contributed by atoms with Crippen LogP contribution in [-0.4, -0.2) is 94.7 Å². The van der Waals surface area contributed by atoms with Crippen LogP contribution < -0.4 is 22.5 Å². The van der Waals surface area contributed by atoms with Crippen LogP contribution in [0, 0.1) is 6.92 Å². The van der Waals surface area contributed by atoms with Gasteiger partial charge in [0.1, 0.15) is 30.8 Å². The van der Waals surface area contributed by atoms with Gasteiger partial charge >= 0.3 is 13.4 Å². The third kappa shape index (κ3) is 6.83. The van der Waals surface area contributed by atoms with Gasteiger partial charge in [0.05, 0.1) is 25.6 Å². The third-order valence-corrected chi connectivity index (χ3v) is 9.87. The summed E-state index contributed by atoms with van der Waals surface area (Å²) in [6.07, 6.45) is -1.43. The van der Waals surface area contributed by atoms with E-state index in [1.165, 1.54) is 21.7 Å². The molecule has 2 aliphatic rings. The summed E-state index contributed by atoms with van der Waals surface area (Å²) < 4.78 is 43.0. The number of hydrogen-bond acceptors (Lipinski definition) is 13. The summed E-state index contributed by atoms with van der Waals surface area (Å²) in [7, 11) is -4.10. The van der Waals surface area contributed by atoms with Crippen molar-refractivity contribution in [1.82, 2.24) is 33.7 Å². The van der Waals surface area contributed by atoms with Crippen molar-refractivity contribution in [2.75, 3.05) is 32.0 Å². The maximum absolute atomic E-state index is 14.6. The molecule has 6 N–H and O–H groups in total. The number of nitrogen functional groups attached to an aromatic ring is 1. The molecule has 19 heteroatoms. The summed E-state index contributed by atoms with van der Waals surface area (Å²) in [5.41, 5.74) is 4.53. The smallest absolute Gasteiger partial charge is 0.394 e. The summed E-state index contributed by atoms with van der Waals surface area (Å²) in [6, 6.07) is 0. The molecule has 0 bridgehead atoms. The Bertz CT molecular complexity index is 1720. The van der Waals surface area contributed by atoms with Crippen molar-refractivity contribution < 1.29 is 33.3 Å². The van der Waals surface area contributed by atoms with Crippen molar-refractivity contribution in [2.24, 2.45) is 0 Å². The molecule has 3 aromatic heterocycles. The molecule has 0 aromatic carbocycles. The minimum absolute atomic E-state index is 0.0309. The van der Waals surface area contributed by atoms with E-state index in [0.29, 0.717) is 31.5 Å². The number of H-pyrrole nitrogens is 2. The van der Waals surface area contributed by atoms with Gasteiger partial charge in [-0.05, 0) is 19.8 Å². The number of aromatic nitrogens is 6. The first-order valence-electron chi connectivity index (χ1n) is 14.8. The Morgan fingerprint density at radius 1 is 1.09 bits per heavy atom. The van der Waals surface area contributed by atoms with Crippen LogP contribution in [0.2, 0.25) is 0 Å². The molecule has 5 heterocycles. The fourth-order valence-electron chi connectivity index (χ4n) is 5.53. The Balaban J connectivity index is 1.36. The summed E-state index contributed by atoms with van der Waals surface area (Å²) in [4.78, 5) is 49.3. The van der Waals surface area contributed by atoms with Crippen LogP contribution in [-0.2, 0) is 23.1 Å². The lowest BCUT2D eigenvalue weighted by atomic mass is 10.2. The van der Waals surface area contributed by atoms with Crippen molar-refractivity contribution in [2.45, 2.75) is 83.3 Å². The van der Waals surface area contributed by atoms with Crippen molar-refractivity contribution in [1.29, 1.82) is 0 Å². The number of rotatable bonds is 13.